The minimum Gasteiger partial charge on any atom is -0.369 e. The van der Waals surface area contributed by atoms with E-state index in [0.717, 1.165) is 67.4 Å². The SMILES string of the molecule is CN1CCN(c2ccc3nc(-c4cnn(C5CC(CCCN)C5)c4)cnc3c2)CC1. The van der Waals surface area contributed by atoms with Crippen LogP contribution < -0.4 is 10.6 Å². The van der Waals surface area contributed by atoms with E-state index >= 15 is 0 Å². The maximum atomic E-state index is 5.63. The van der Waals surface area contributed by atoms with E-state index in [0.29, 0.717) is 6.04 Å². The molecule has 5 rings (SSSR count). The fourth-order valence-corrected chi connectivity index (χ4v) is 4.63. The Balaban J connectivity index is 1.29. The van der Waals surface area contributed by atoms with Gasteiger partial charge in [-0.25, -0.2) is 4.98 Å². The lowest BCUT2D eigenvalue weighted by Gasteiger charge is -2.35. The summed E-state index contributed by atoms with van der Waals surface area (Å²) < 4.78 is 2.11. The van der Waals surface area contributed by atoms with Crippen LogP contribution in [0.25, 0.3) is 22.3 Å². The van der Waals surface area contributed by atoms with E-state index in [1.54, 1.807) is 0 Å². The van der Waals surface area contributed by atoms with E-state index in [-0.39, 0.29) is 0 Å². The molecule has 3 heterocycles. The summed E-state index contributed by atoms with van der Waals surface area (Å²) in [5.74, 6) is 0.807. The zero-order valence-electron chi connectivity index (χ0n) is 17.7. The van der Waals surface area contributed by atoms with Crippen molar-refractivity contribution in [2.45, 2.75) is 31.7 Å². The number of piperazine rings is 1. The van der Waals surface area contributed by atoms with Crippen LogP contribution in [0.3, 0.4) is 0 Å². The molecule has 0 amide bonds. The quantitative estimate of drug-likeness (QED) is 0.680. The topological polar surface area (TPSA) is 76.1 Å². The Hall–Kier alpha value is -2.51. The summed E-state index contributed by atoms with van der Waals surface area (Å²) in [4.78, 5) is 14.4. The molecule has 2 aromatic heterocycles. The third-order valence-electron chi connectivity index (χ3n) is 6.69. The lowest BCUT2D eigenvalue weighted by Crippen LogP contribution is -2.44. The number of hydrogen-bond donors (Lipinski definition) is 1. The van der Waals surface area contributed by atoms with Crippen LogP contribution in [0, 0.1) is 5.92 Å². The number of anilines is 1. The van der Waals surface area contributed by atoms with E-state index in [1.807, 2.05) is 12.4 Å². The van der Waals surface area contributed by atoms with E-state index in [1.165, 1.54) is 24.9 Å². The zero-order chi connectivity index (χ0) is 20.5. The Bertz CT molecular complexity index is 1000. The molecule has 30 heavy (non-hydrogen) atoms. The van der Waals surface area contributed by atoms with Gasteiger partial charge in [-0.1, -0.05) is 0 Å². The summed E-state index contributed by atoms with van der Waals surface area (Å²) >= 11 is 0. The fraction of sp³-hybridized carbons (Fsp3) is 0.522. The van der Waals surface area contributed by atoms with Crippen LogP contribution >= 0.6 is 0 Å². The van der Waals surface area contributed by atoms with Crippen molar-refractivity contribution in [3.05, 3.63) is 36.8 Å². The van der Waals surface area contributed by atoms with Crippen molar-refractivity contribution in [2.75, 3.05) is 44.7 Å². The first-order valence-corrected chi connectivity index (χ1v) is 11.1. The van der Waals surface area contributed by atoms with Gasteiger partial charge in [0.25, 0.3) is 0 Å². The molecule has 1 aromatic carbocycles. The highest BCUT2D eigenvalue weighted by atomic mass is 15.3. The van der Waals surface area contributed by atoms with Crippen molar-refractivity contribution in [3.8, 4) is 11.3 Å². The molecule has 0 spiro atoms. The molecule has 7 heteroatoms. The van der Waals surface area contributed by atoms with E-state index in [4.69, 9.17) is 15.7 Å². The molecule has 2 aliphatic rings. The molecule has 1 saturated carbocycles. The number of nitrogens with zero attached hydrogens (tertiary/aromatic N) is 6. The van der Waals surface area contributed by atoms with Gasteiger partial charge in [-0.15, -0.1) is 0 Å². The highest BCUT2D eigenvalue weighted by molar-refractivity contribution is 5.80. The van der Waals surface area contributed by atoms with Crippen molar-refractivity contribution < 1.29 is 0 Å². The van der Waals surface area contributed by atoms with Gasteiger partial charge in [-0.3, -0.25) is 9.67 Å². The van der Waals surface area contributed by atoms with Gasteiger partial charge in [0.1, 0.15) is 0 Å². The van der Waals surface area contributed by atoms with Crippen LogP contribution in [-0.2, 0) is 0 Å². The monoisotopic (exact) mass is 405 g/mol. The fourth-order valence-electron chi connectivity index (χ4n) is 4.63. The van der Waals surface area contributed by atoms with E-state index in [2.05, 4.69) is 51.0 Å². The molecule has 0 bridgehead atoms. The standard InChI is InChI=1S/C23H31N7/c1-28-7-9-29(10-8-28)19-4-5-21-22(13-19)25-15-23(27-21)18-14-26-30(16-18)20-11-17(12-20)3-2-6-24/h4-5,13-17,20H,2-3,6-12,24H2,1H3. The second-order valence-corrected chi connectivity index (χ2v) is 8.85. The molecule has 1 saturated heterocycles. The third kappa shape index (κ3) is 3.91. The van der Waals surface area contributed by atoms with Crippen molar-refractivity contribution in [1.82, 2.24) is 24.6 Å². The van der Waals surface area contributed by atoms with Crippen LogP contribution in [-0.4, -0.2) is 64.4 Å². The van der Waals surface area contributed by atoms with E-state index in [9.17, 15) is 0 Å². The molecular weight excluding hydrogens is 374 g/mol. The molecule has 0 radical (unpaired) electrons. The normalized spacial score (nSPS) is 22.4. The second-order valence-electron chi connectivity index (χ2n) is 8.85. The Kier molecular flexibility index (Phi) is 5.39. The molecule has 2 fully saturated rings. The number of aromatic nitrogens is 4. The number of fused-ring (bicyclic) bond motifs is 1. The van der Waals surface area contributed by atoms with Gasteiger partial charge in [-0.2, -0.15) is 5.10 Å². The average Bonchev–Trinajstić information content (AvgIpc) is 3.22. The molecule has 3 aromatic rings. The Morgan fingerprint density at radius 1 is 1.07 bits per heavy atom. The molecular formula is C23H31N7. The summed E-state index contributed by atoms with van der Waals surface area (Å²) in [5, 5.41) is 4.60. The molecule has 0 atom stereocenters. The number of hydrogen-bond acceptors (Lipinski definition) is 6. The van der Waals surface area contributed by atoms with Gasteiger partial charge in [0.15, 0.2) is 0 Å². The van der Waals surface area contributed by atoms with Crippen LogP contribution in [0.15, 0.2) is 36.8 Å². The number of likely N-dealkylation sites (N-methyl/N-ethyl adjacent to an activating group) is 1. The maximum absolute atomic E-state index is 5.63. The molecule has 7 nitrogen and oxygen atoms in total. The molecule has 2 N–H and O–H groups in total. The predicted molar refractivity (Wildman–Crippen MR) is 121 cm³/mol. The number of benzene rings is 1. The summed E-state index contributed by atoms with van der Waals surface area (Å²) in [5.41, 5.74) is 10.7. The number of rotatable bonds is 6. The highest BCUT2D eigenvalue weighted by Gasteiger charge is 2.30. The van der Waals surface area contributed by atoms with Crippen LogP contribution in [0.2, 0.25) is 0 Å². The Morgan fingerprint density at radius 3 is 2.70 bits per heavy atom. The lowest BCUT2D eigenvalue weighted by molar-refractivity contribution is 0.171. The molecule has 0 unspecified atom stereocenters. The first kappa shape index (κ1) is 19.5. The smallest absolute Gasteiger partial charge is 0.0924 e. The predicted octanol–water partition coefficient (Wildman–Crippen LogP) is 2.94. The van der Waals surface area contributed by atoms with Gasteiger partial charge in [0.2, 0.25) is 0 Å². The van der Waals surface area contributed by atoms with Gasteiger partial charge >= 0.3 is 0 Å². The third-order valence-corrected chi connectivity index (χ3v) is 6.69. The average molecular weight is 406 g/mol. The molecule has 1 aliphatic carbocycles. The molecule has 1 aliphatic heterocycles. The van der Waals surface area contributed by atoms with Crippen LogP contribution in [0.5, 0.6) is 0 Å². The van der Waals surface area contributed by atoms with Gasteiger partial charge in [-0.05, 0) is 63.4 Å². The largest absolute Gasteiger partial charge is 0.369 e. The van der Waals surface area contributed by atoms with Crippen molar-refractivity contribution in [3.63, 3.8) is 0 Å². The second kappa shape index (κ2) is 8.32. The summed E-state index contributed by atoms with van der Waals surface area (Å²) in [6.45, 7) is 5.11. The first-order valence-electron chi connectivity index (χ1n) is 11.1. The van der Waals surface area contributed by atoms with Crippen LogP contribution in [0.4, 0.5) is 5.69 Å². The summed E-state index contributed by atoms with van der Waals surface area (Å²) in [6, 6.07) is 6.95. The lowest BCUT2D eigenvalue weighted by atomic mass is 9.77. The minimum atomic E-state index is 0.515. The summed E-state index contributed by atoms with van der Waals surface area (Å²) in [7, 11) is 2.18. The Morgan fingerprint density at radius 2 is 1.90 bits per heavy atom. The minimum absolute atomic E-state index is 0.515. The molecule has 158 valence electrons. The highest BCUT2D eigenvalue weighted by Crippen LogP contribution is 2.40. The van der Waals surface area contributed by atoms with Crippen molar-refractivity contribution in [2.24, 2.45) is 11.7 Å². The van der Waals surface area contributed by atoms with Gasteiger partial charge in [0, 0.05) is 43.6 Å². The van der Waals surface area contributed by atoms with Crippen molar-refractivity contribution in [1.29, 1.82) is 0 Å². The van der Waals surface area contributed by atoms with E-state index < -0.39 is 0 Å². The summed E-state index contributed by atoms with van der Waals surface area (Å²) in [6.07, 6.45) is 10.7. The van der Waals surface area contributed by atoms with Crippen molar-refractivity contribution >= 4 is 16.7 Å². The number of nitrogens with two attached hydrogens (primary N) is 1. The zero-order valence-corrected chi connectivity index (χ0v) is 17.7. The first-order chi connectivity index (χ1) is 14.7. The van der Waals surface area contributed by atoms with Gasteiger partial charge in [0.05, 0.1) is 35.2 Å². The van der Waals surface area contributed by atoms with Crippen LogP contribution in [0.1, 0.15) is 31.7 Å². The Labute approximate surface area is 177 Å². The maximum Gasteiger partial charge on any atom is 0.0924 e. The van der Waals surface area contributed by atoms with Gasteiger partial charge < -0.3 is 15.5 Å².